The number of anilines is 1. The van der Waals surface area contributed by atoms with Gasteiger partial charge in [-0.1, -0.05) is 0 Å². The number of nitrogens with zero attached hydrogens (tertiary/aromatic N) is 5. The molecular weight excluding hydrogens is 417 g/mol. The molecule has 1 aromatic heterocycles. The number of carbonyl (C=O) groups excluding carboxylic acids is 2. The van der Waals surface area contributed by atoms with Crippen molar-refractivity contribution in [1.29, 1.82) is 0 Å². The number of hydrogen-bond acceptors (Lipinski definition) is 6. The summed E-state index contributed by atoms with van der Waals surface area (Å²) in [6.07, 6.45) is 3.34. The number of urea groups is 1. The molecule has 1 atom stereocenters. The van der Waals surface area contributed by atoms with Crippen LogP contribution in [0.2, 0.25) is 0 Å². The number of piperidine rings is 1. The summed E-state index contributed by atoms with van der Waals surface area (Å²) in [4.78, 5) is 38.3. The molecule has 0 radical (unpaired) electrons. The molecule has 2 fully saturated rings. The molecule has 2 aliphatic heterocycles. The number of benzene rings is 1. The number of amides is 3. The van der Waals surface area contributed by atoms with E-state index in [1.54, 1.807) is 14.7 Å². The van der Waals surface area contributed by atoms with E-state index >= 15 is 0 Å². The molecule has 10 heteroatoms. The van der Waals surface area contributed by atoms with Gasteiger partial charge in [0.25, 0.3) is 0 Å². The smallest absolute Gasteiger partial charge is 0.325 e. The highest BCUT2D eigenvalue weighted by atomic mass is 19.1. The maximum absolute atomic E-state index is 13.0. The first-order valence-corrected chi connectivity index (χ1v) is 10.7. The summed E-state index contributed by atoms with van der Waals surface area (Å²) in [5.41, 5.74) is 0.777. The summed E-state index contributed by atoms with van der Waals surface area (Å²) in [7, 11) is 0. The van der Waals surface area contributed by atoms with Crippen LogP contribution in [0, 0.1) is 5.82 Å². The van der Waals surface area contributed by atoms with E-state index in [0.29, 0.717) is 32.8 Å². The van der Waals surface area contributed by atoms with Crippen molar-refractivity contribution in [1.82, 2.24) is 19.8 Å². The van der Waals surface area contributed by atoms with Gasteiger partial charge in [-0.25, -0.2) is 19.2 Å². The minimum atomic E-state index is -0.535. The number of ether oxygens (including phenoxy) is 2. The fourth-order valence-electron chi connectivity index (χ4n) is 3.89. The molecule has 4 rings (SSSR count). The number of hydrogen-bond donors (Lipinski definition) is 0. The average molecular weight is 443 g/mol. The molecule has 1 aromatic carbocycles. The second-order valence-electron chi connectivity index (χ2n) is 7.69. The van der Waals surface area contributed by atoms with Crippen LogP contribution >= 0.6 is 0 Å². The maximum atomic E-state index is 13.0. The van der Waals surface area contributed by atoms with E-state index < -0.39 is 5.82 Å². The predicted octanol–water partition coefficient (Wildman–Crippen LogP) is 2.33. The molecule has 32 heavy (non-hydrogen) atoms. The van der Waals surface area contributed by atoms with Crippen LogP contribution in [0.1, 0.15) is 19.8 Å². The number of rotatable bonds is 7. The molecule has 2 aliphatic rings. The van der Waals surface area contributed by atoms with Gasteiger partial charge in [0.15, 0.2) is 5.82 Å². The lowest BCUT2D eigenvalue weighted by molar-refractivity contribution is -0.134. The van der Waals surface area contributed by atoms with Gasteiger partial charge in [0.2, 0.25) is 5.91 Å². The average Bonchev–Trinajstić information content (AvgIpc) is 3.16. The molecule has 0 aliphatic carbocycles. The lowest BCUT2D eigenvalue weighted by atomic mass is 10.1. The highest BCUT2D eigenvalue weighted by Crippen LogP contribution is 2.24. The van der Waals surface area contributed by atoms with E-state index in [1.165, 1.54) is 0 Å². The maximum Gasteiger partial charge on any atom is 0.325 e. The Morgan fingerprint density at radius 1 is 1.16 bits per heavy atom. The van der Waals surface area contributed by atoms with Gasteiger partial charge in [-0.15, -0.1) is 0 Å². The van der Waals surface area contributed by atoms with Crippen LogP contribution in [0.25, 0.3) is 0 Å². The first-order chi connectivity index (χ1) is 15.5. The molecule has 0 saturated carbocycles. The van der Waals surface area contributed by atoms with Crippen LogP contribution in [0.15, 0.2) is 36.7 Å². The molecule has 170 valence electrons. The zero-order valence-corrected chi connectivity index (χ0v) is 17.9. The van der Waals surface area contributed by atoms with Gasteiger partial charge in [-0.2, -0.15) is 0 Å². The van der Waals surface area contributed by atoms with E-state index in [4.69, 9.17) is 9.47 Å². The van der Waals surface area contributed by atoms with Crippen molar-refractivity contribution in [2.24, 2.45) is 0 Å². The van der Waals surface area contributed by atoms with E-state index in [9.17, 15) is 14.0 Å². The Bertz CT molecular complexity index is 940. The Kier molecular flexibility index (Phi) is 6.67. The molecule has 2 saturated heterocycles. The third-order valence-electron chi connectivity index (χ3n) is 5.48. The summed E-state index contributed by atoms with van der Waals surface area (Å²) < 4.78 is 24.1. The molecule has 3 amide bonds. The van der Waals surface area contributed by atoms with Crippen molar-refractivity contribution in [2.75, 3.05) is 44.2 Å². The largest absolute Gasteiger partial charge is 0.494 e. The molecular formula is C22H26FN5O4. The van der Waals surface area contributed by atoms with Gasteiger partial charge >= 0.3 is 12.0 Å². The first-order valence-electron chi connectivity index (χ1n) is 10.7. The van der Waals surface area contributed by atoms with Gasteiger partial charge in [-0.3, -0.25) is 9.69 Å². The molecule has 0 spiro atoms. The van der Waals surface area contributed by atoms with Crippen molar-refractivity contribution in [3.05, 3.63) is 42.5 Å². The second-order valence-corrected chi connectivity index (χ2v) is 7.69. The van der Waals surface area contributed by atoms with Crippen molar-refractivity contribution in [3.8, 4) is 11.8 Å². The Hall–Kier alpha value is -3.43. The molecule has 2 aromatic rings. The highest BCUT2D eigenvalue weighted by molar-refractivity contribution is 5.96. The van der Waals surface area contributed by atoms with Crippen LogP contribution in [0.5, 0.6) is 11.8 Å². The minimum Gasteiger partial charge on any atom is -0.494 e. The Morgan fingerprint density at radius 3 is 2.62 bits per heavy atom. The summed E-state index contributed by atoms with van der Waals surface area (Å²) in [5.74, 6) is 0.0930. The first kappa shape index (κ1) is 21.8. The van der Waals surface area contributed by atoms with Crippen LogP contribution in [-0.2, 0) is 4.79 Å². The quantitative estimate of drug-likeness (QED) is 0.653. The Labute approximate surface area is 185 Å². The third-order valence-corrected chi connectivity index (χ3v) is 5.48. The van der Waals surface area contributed by atoms with E-state index in [1.807, 2.05) is 31.2 Å². The minimum absolute atomic E-state index is 0.0200. The number of halogens is 1. The van der Waals surface area contributed by atoms with Crippen LogP contribution in [0.4, 0.5) is 14.9 Å². The van der Waals surface area contributed by atoms with Crippen LogP contribution in [-0.4, -0.2) is 77.1 Å². The number of aromatic nitrogens is 2. The predicted molar refractivity (Wildman–Crippen MR) is 114 cm³/mol. The van der Waals surface area contributed by atoms with Gasteiger partial charge < -0.3 is 19.3 Å². The zero-order chi connectivity index (χ0) is 22.5. The number of likely N-dealkylation sites (tertiary alicyclic amines) is 1. The van der Waals surface area contributed by atoms with Gasteiger partial charge in [0.05, 0.1) is 25.5 Å². The van der Waals surface area contributed by atoms with Crippen LogP contribution < -0.4 is 14.4 Å². The molecule has 9 nitrogen and oxygen atoms in total. The topological polar surface area (TPSA) is 88.1 Å². The summed E-state index contributed by atoms with van der Waals surface area (Å²) >= 11 is 0. The lowest BCUT2D eigenvalue weighted by Crippen LogP contribution is -2.48. The zero-order valence-electron chi connectivity index (χ0n) is 17.9. The SMILES string of the molecule is CCOc1ccc(N2CCN(CC(=O)N3CCC[C@H](Oc4ncc(F)cn4)C3)C2=O)cc1. The monoisotopic (exact) mass is 443 g/mol. The van der Waals surface area contributed by atoms with Gasteiger partial charge in [0.1, 0.15) is 18.4 Å². The van der Waals surface area contributed by atoms with Gasteiger partial charge in [-0.05, 0) is 44.0 Å². The summed E-state index contributed by atoms with van der Waals surface area (Å²) in [5, 5.41) is 0. The molecule has 0 bridgehead atoms. The molecule has 0 unspecified atom stereocenters. The van der Waals surface area contributed by atoms with Crippen molar-refractivity contribution >= 4 is 17.6 Å². The highest BCUT2D eigenvalue weighted by Gasteiger charge is 2.33. The fraction of sp³-hybridized carbons (Fsp3) is 0.455. The van der Waals surface area contributed by atoms with Crippen molar-refractivity contribution in [3.63, 3.8) is 0 Å². The van der Waals surface area contributed by atoms with Gasteiger partial charge in [0, 0.05) is 25.3 Å². The van der Waals surface area contributed by atoms with E-state index in [2.05, 4.69) is 9.97 Å². The summed E-state index contributed by atoms with van der Waals surface area (Å²) in [6.45, 7) is 4.50. The Balaban J connectivity index is 1.31. The van der Waals surface area contributed by atoms with Crippen molar-refractivity contribution in [2.45, 2.75) is 25.9 Å². The van der Waals surface area contributed by atoms with E-state index in [0.717, 1.165) is 36.7 Å². The summed E-state index contributed by atoms with van der Waals surface area (Å²) in [6, 6.07) is 7.26. The lowest BCUT2D eigenvalue weighted by Gasteiger charge is -2.33. The van der Waals surface area contributed by atoms with Crippen LogP contribution in [0.3, 0.4) is 0 Å². The molecule has 0 N–H and O–H groups in total. The third kappa shape index (κ3) is 5.06. The Morgan fingerprint density at radius 2 is 1.91 bits per heavy atom. The van der Waals surface area contributed by atoms with Crippen molar-refractivity contribution < 1.29 is 23.5 Å². The fourth-order valence-corrected chi connectivity index (χ4v) is 3.89. The standard InChI is InChI=1S/C22H26FN5O4/c1-2-31-18-7-5-17(6-8-18)28-11-10-27(22(28)30)15-20(29)26-9-3-4-19(14-26)32-21-24-12-16(23)13-25-21/h5-8,12-13,19H,2-4,9-11,14-15H2,1H3/t19-/m0/s1. The second kappa shape index (κ2) is 9.80. The number of carbonyl (C=O) groups is 2. The normalized spacial score (nSPS) is 18.8. The molecule has 3 heterocycles. The van der Waals surface area contributed by atoms with E-state index in [-0.39, 0.29) is 30.6 Å².